The zero-order valence-corrected chi connectivity index (χ0v) is 17.7. The van der Waals surface area contributed by atoms with E-state index in [0.29, 0.717) is 5.75 Å². The normalized spacial score (nSPS) is 38.1. The van der Waals surface area contributed by atoms with Gasteiger partial charge in [-0.25, -0.2) is 0 Å². The fraction of sp³-hybridized carbons (Fsp3) is 0.619. The molecule has 9 atom stereocenters. The zero-order valence-electron chi connectivity index (χ0n) is 17.7. The molecule has 11 heteroatoms. The van der Waals surface area contributed by atoms with Gasteiger partial charge in [-0.2, -0.15) is 0 Å². The van der Waals surface area contributed by atoms with Crippen molar-refractivity contribution in [2.75, 3.05) is 20.3 Å². The van der Waals surface area contributed by atoms with Gasteiger partial charge in [-0.15, -0.1) is 0 Å². The molecule has 2 aliphatic rings. The Morgan fingerprint density at radius 1 is 0.938 bits per heavy atom. The van der Waals surface area contributed by atoms with Gasteiger partial charge in [0.05, 0.1) is 20.3 Å². The first kappa shape index (κ1) is 24.8. The van der Waals surface area contributed by atoms with Crippen LogP contribution in [0.4, 0.5) is 0 Å². The third-order valence-corrected chi connectivity index (χ3v) is 5.34. The molecule has 2 aliphatic heterocycles. The molecule has 2 fully saturated rings. The fourth-order valence-electron chi connectivity index (χ4n) is 3.47. The molecule has 2 heterocycles. The lowest BCUT2D eigenvalue weighted by Crippen LogP contribution is -2.61. The van der Waals surface area contributed by atoms with Gasteiger partial charge >= 0.3 is 0 Å². The highest BCUT2D eigenvalue weighted by atomic mass is 16.7. The average Bonchev–Trinajstić information content (AvgIpc) is 2.79. The lowest BCUT2D eigenvalue weighted by Gasteiger charge is -2.41. The van der Waals surface area contributed by atoms with Gasteiger partial charge in [0.25, 0.3) is 0 Å². The van der Waals surface area contributed by atoms with Gasteiger partial charge in [-0.1, -0.05) is 18.2 Å². The van der Waals surface area contributed by atoms with Crippen LogP contribution in [0.3, 0.4) is 0 Å². The molecule has 0 aliphatic carbocycles. The van der Waals surface area contributed by atoms with E-state index in [1.165, 1.54) is 7.11 Å². The van der Waals surface area contributed by atoms with Crippen molar-refractivity contribution in [3.05, 3.63) is 29.8 Å². The van der Waals surface area contributed by atoms with E-state index in [9.17, 15) is 30.6 Å². The molecule has 0 saturated carbocycles. The Bertz CT molecular complexity index is 772. The lowest BCUT2D eigenvalue weighted by molar-refractivity contribution is -0.307. The predicted octanol–water partition coefficient (Wildman–Crippen LogP) is -1.63. The molecule has 11 nitrogen and oxygen atoms in total. The third kappa shape index (κ3) is 5.39. The van der Waals surface area contributed by atoms with Crippen molar-refractivity contribution in [1.29, 1.82) is 0 Å². The number of rotatable bonds is 7. The molecule has 2 saturated heterocycles. The summed E-state index contributed by atoms with van der Waals surface area (Å²) in [5, 5.41) is 60.1. The Hall–Kier alpha value is -1.80. The first-order chi connectivity index (χ1) is 15.3. The summed E-state index contributed by atoms with van der Waals surface area (Å²) < 4.78 is 27.2. The van der Waals surface area contributed by atoms with Gasteiger partial charge in [0.2, 0.25) is 6.29 Å². The van der Waals surface area contributed by atoms with Gasteiger partial charge in [0.1, 0.15) is 42.7 Å². The maximum Gasteiger partial charge on any atom is 0.229 e. The van der Waals surface area contributed by atoms with Crippen LogP contribution in [-0.2, 0) is 14.2 Å². The van der Waals surface area contributed by atoms with Gasteiger partial charge in [-0.05, 0) is 24.6 Å². The SMILES string of the molecule is CC=Cc1ccc(OC2OC(COC3OCC(O)C(O)C3O)C(O)C(O)C2O)c(OC)c1. The van der Waals surface area contributed by atoms with E-state index in [0.717, 1.165) is 5.56 Å². The van der Waals surface area contributed by atoms with Crippen LogP contribution in [0.25, 0.3) is 6.08 Å². The Labute approximate surface area is 185 Å². The molecule has 32 heavy (non-hydrogen) atoms. The van der Waals surface area contributed by atoms with Crippen molar-refractivity contribution in [2.45, 2.75) is 62.2 Å². The molecule has 1 aromatic rings. The summed E-state index contributed by atoms with van der Waals surface area (Å²) >= 11 is 0. The van der Waals surface area contributed by atoms with Gasteiger partial charge < -0.3 is 54.3 Å². The minimum absolute atomic E-state index is 0.246. The number of hydrogen-bond acceptors (Lipinski definition) is 11. The second-order valence-electron chi connectivity index (χ2n) is 7.63. The zero-order chi connectivity index (χ0) is 23.4. The summed E-state index contributed by atoms with van der Waals surface area (Å²) in [4.78, 5) is 0. The summed E-state index contributed by atoms with van der Waals surface area (Å²) in [5.41, 5.74) is 0.863. The Balaban J connectivity index is 1.68. The molecular weight excluding hydrogens is 428 g/mol. The second-order valence-corrected chi connectivity index (χ2v) is 7.63. The number of benzene rings is 1. The van der Waals surface area contributed by atoms with Crippen LogP contribution < -0.4 is 9.47 Å². The topological polar surface area (TPSA) is 168 Å². The average molecular weight is 458 g/mol. The summed E-state index contributed by atoms with van der Waals surface area (Å²) in [6, 6.07) is 5.10. The quantitative estimate of drug-likeness (QED) is 0.278. The minimum Gasteiger partial charge on any atom is -0.493 e. The summed E-state index contributed by atoms with van der Waals surface area (Å²) in [7, 11) is 1.45. The Morgan fingerprint density at radius 2 is 1.66 bits per heavy atom. The van der Waals surface area contributed by atoms with Crippen LogP contribution in [0.2, 0.25) is 0 Å². The fourth-order valence-corrected chi connectivity index (χ4v) is 3.47. The maximum atomic E-state index is 10.3. The van der Waals surface area contributed by atoms with E-state index in [1.54, 1.807) is 18.2 Å². The van der Waals surface area contributed by atoms with Crippen molar-refractivity contribution < 1.29 is 54.3 Å². The first-order valence-corrected chi connectivity index (χ1v) is 10.2. The predicted molar refractivity (Wildman–Crippen MR) is 109 cm³/mol. The molecule has 180 valence electrons. The van der Waals surface area contributed by atoms with Gasteiger partial charge in [0.15, 0.2) is 17.8 Å². The molecule has 1 aromatic carbocycles. The number of allylic oxidation sites excluding steroid dienone is 1. The molecular formula is C21H30O11. The number of ether oxygens (including phenoxy) is 5. The minimum atomic E-state index is -1.61. The van der Waals surface area contributed by atoms with E-state index in [1.807, 2.05) is 19.1 Å². The van der Waals surface area contributed by atoms with Crippen molar-refractivity contribution in [3.63, 3.8) is 0 Å². The summed E-state index contributed by atoms with van der Waals surface area (Å²) in [6.45, 7) is 1.25. The van der Waals surface area contributed by atoms with Crippen LogP contribution in [0, 0.1) is 0 Å². The molecule has 6 N–H and O–H groups in total. The maximum absolute atomic E-state index is 10.3. The van der Waals surface area contributed by atoms with E-state index >= 15 is 0 Å². The number of aliphatic hydroxyl groups excluding tert-OH is 6. The van der Waals surface area contributed by atoms with Gasteiger partial charge in [-0.3, -0.25) is 0 Å². The third-order valence-electron chi connectivity index (χ3n) is 5.34. The lowest BCUT2D eigenvalue weighted by atomic mass is 9.99. The largest absolute Gasteiger partial charge is 0.493 e. The summed E-state index contributed by atoms with van der Waals surface area (Å²) in [5.74, 6) is 0.618. The van der Waals surface area contributed by atoms with E-state index in [-0.39, 0.29) is 19.0 Å². The number of hydrogen-bond donors (Lipinski definition) is 6. The first-order valence-electron chi connectivity index (χ1n) is 10.2. The second kappa shape index (κ2) is 10.9. The van der Waals surface area contributed by atoms with Crippen LogP contribution in [0.5, 0.6) is 11.5 Å². The number of methoxy groups -OCH3 is 1. The number of aliphatic hydroxyl groups is 6. The molecule has 0 bridgehead atoms. The molecule has 0 amide bonds. The van der Waals surface area contributed by atoms with E-state index < -0.39 is 55.3 Å². The molecule has 0 aromatic heterocycles. The highest BCUT2D eigenvalue weighted by Crippen LogP contribution is 2.32. The van der Waals surface area contributed by atoms with Crippen molar-refractivity contribution in [3.8, 4) is 11.5 Å². The smallest absolute Gasteiger partial charge is 0.229 e. The molecule has 9 unspecified atom stereocenters. The standard InChI is InChI=1S/C21H30O11/c1-3-4-10-5-6-12(13(7-10)28-2)31-21-19(27)17(25)16(24)14(32-21)9-30-20-18(26)15(23)11(22)8-29-20/h3-7,11,14-27H,8-9H2,1-2H3. The summed E-state index contributed by atoms with van der Waals surface area (Å²) in [6.07, 6.45) is -9.05. The molecule has 0 radical (unpaired) electrons. The van der Waals surface area contributed by atoms with E-state index in [2.05, 4.69) is 0 Å². The highest BCUT2D eigenvalue weighted by Gasteiger charge is 2.46. The van der Waals surface area contributed by atoms with Crippen LogP contribution in [0.15, 0.2) is 24.3 Å². The van der Waals surface area contributed by atoms with Crippen LogP contribution >= 0.6 is 0 Å². The van der Waals surface area contributed by atoms with Crippen molar-refractivity contribution >= 4 is 6.08 Å². The van der Waals surface area contributed by atoms with Crippen LogP contribution in [-0.4, -0.2) is 106 Å². The van der Waals surface area contributed by atoms with Gasteiger partial charge in [0, 0.05) is 0 Å². The molecule has 0 spiro atoms. The van der Waals surface area contributed by atoms with E-state index in [4.69, 9.17) is 23.7 Å². The Kier molecular flexibility index (Phi) is 8.44. The highest BCUT2D eigenvalue weighted by molar-refractivity contribution is 5.55. The monoisotopic (exact) mass is 458 g/mol. The van der Waals surface area contributed by atoms with Crippen molar-refractivity contribution in [1.82, 2.24) is 0 Å². The molecule has 3 rings (SSSR count). The van der Waals surface area contributed by atoms with Crippen LogP contribution in [0.1, 0.15) is 12.5 Å². The van der Waals surface area contributed by atoms with Crippen molar-refractivity contribution in [2.24, 2.45) is 0 Å². The Morgan fingerprint density at radius 3 is 2.34 bits per heavy atom.